The van der Waals surface area contributed by atoms with Crippen LogP contribution in [0.1, 0.15) is 0 Å². The van der Waals surface area contributed by atoms with Gasteiger partial charge in [-0.3, -0.25) is 4.98 Å². The summed E-state index contributed by atoms with van der Waals surface area (Å²) in [7, 11) is 0. The van der Waals surface area contributed by atoms with Gasteiger partial charge in [0, 0.05) is 23.2 Å². The SMILES string of the molecule is Oc1csc2cnccc12. The Morgan fingerprint density at radius 3 is 3.20 bits per heavy atom. The lowest BCUT2D eigenvalue weighted by atomic mass is 10.3. The molecule has 2 rings (SSSR count). The molecule has 0 aliphatic rings. The van der Waals surface area contributed by atoms with Gasteiger partial charge in [0.15, 0.2) is 0 Å². The normalized spacial score (nSPS) is 10.4. The zero-order valence-electron chi connectivity index (χ0n) is 5.11. The molecule has 0 saturated heterocycles. The van der Waals surface area contributed by atoms with Gasteiger partial charge in [-0.1, -0.05) is 0 Å². The summed E-state index contributed by atoms with van der Waals surface area (Å²) in [5.74, 6) is 0.349. The van der Waals surface area contributed by atoms with Gasteiger partial charge < -0.3 is 5.11 Å². The molecule has 0 aromatic carbocycles. The summed E-state index contributed by atoms with van der Waals surface area (Å²) in [5, 5.41) is 11.8. The van der Waals surface area contributed by atoms with Gasteiger partial charge in [0.05, 0.1) is 4.70 Å². The fourth-order valence-electron chi connectivity index (χ4n) is 0.868. The molecule has 10 heavy (non-hydrogen) atoms. The van der Waals surface area contributed by atoms with Crippen LogP contribution in [0.5, 0.6) is 5.75 Å². The number of pyridine rings is 1. The molecule has 0 spiro atoms. The third kappa shape index (κ3) is 0.675. The lowest BCUT2D eigenvalue weighted by Gasteiger charge is -1.85. The molecule has 0 aliphatic carbocycles. The van der Waals surface area contributed by atoms with Crippen LogP contribution < -0.4 is 0 Å². The molecule has 50 valence electrons. The van der Waals surface area contributed by atoms with E-state index in [1.54, 1.807) is 23.8 Å². The number of fused-ring (bicyclic) bond motifs is 1. The molecule has 2 aromatic rings. The topological polar surface area (TPSA) is 33.1 Å². The van der Waals surface area contributed by atoms with Gasteiger partial charge in [-0.15, -0.1) is 11.3 Å². The van der Waals surface area contributed by atoms with Crippen LogP contribution in [0.4, 0.5) is 0 Å². The lowest BCUT2D eigenvalue weighted by Crippen LogP contribution is -1.65. The molecule has 2 nitrogen and oxygen atoms in total. The minimum atomic E-state index is 0.349. The minimum Gasteiger partial charge on any atom is -0.506 e. The zero-order valence-corrected chi connectivity index (χ0v) is 5.93. The number of aromatic hydroxyl groups is 1. The van der Waals surface area contributed by atoms with Crippen molar-refractivity contribution >= 4 is 21.4 Å². The highest BCUT2D eigenvalue weighted by molar-refractivity contribution is 7.17. The van der Waals surface area contributed by atoms with Crippen molar-refractivity contribution in [2.45, 2.75) is 0 Å². The molecule has 0 radical (unpaired) electrons. The highest BCUT2D eigenvalue weighted by Crippen LogP contribution is 2.29. The Labute approximate surface area is 61.8 Å². The second-order valence-electron chi connectivity index (χ2n) is 1.99. The number of thiophene rings is 1. The van der Waals surface area contributed by atoms with Crippen LogP contribution in [0.2, 0.25) is 0 Å². The van der Waals surface area contributed by atoms with Crippen molar-refractivity contribution in [3.63, 3.8) is 0 Å². The molecule has 0 amide bonds. The smallest absolute Gasteiger partial charge is 0.134 e. The largest absolute Gasteiger partial charge is 0.506 e. The summed E-state index contributed by atoms with van der Waals surface area (Å²) in [6, 6.07) is 1.81. The van der Waals surface area contributed by atoms with Gasteiger partial charge in [-0.2, -0.15) is 0 Å². The maximum atomic E-state index is 9.19. The minimum absolute atomic E-state index is 0.349. The standard InChI is InChI=1S/C7H5NOS/c9-6-4-10-7-3-8-2-1-5(6)7/h1-4,9H. The van der Waals surface area contributed by atoms with Crippen LogP contribution in [-0.4, -0.2) is 10.1 Å². The van der Waals surface area contributed by atoms with E-state index in [4.69, 9.17) is 0 Å². The predicted octanol–water partition coefficient (Wildman–Crippen LogP) is 2.00. The number of rotatable bonds is 0. The Bertz CT molecular complexity index is 355. The molecule has 0 unspecified atom stereocenters. The molecule has 2 aromatic heterocycles. The number of nitrogens with zero attached hydrogens (tertiary/aromatic N) is 1. The van der Waals surface area contributed by atoms with E-state index in [1.807, 2.05) is 0 Å². The molecule has 1 N–H and O–H groups in total. The molecular weight excluding hydrogens is 146 g/mol. The fourth-order valence-corrected chi connectivity index (χ4v) is 1.66. The van der Waals surface area contributed by atoms with Gasteiger partial charge in [-0.25, -0.2) is 0 Å². The van der Waals surface area contributed by atoms with Crippen molar-refractivity contribution in [3.8, 4) is 5.75 Å². The average molecular weight is 151 g/mol. The van der Waals surface area contributed by atoms with E-state index in [-0.39, 0.29) is 0 Å². The van der Waals surface area contributed by atoms with Gasteiger partial charge in [0.1, 0.15) is 5.75 Å². The summed E-state index contributed by atoms with van der Waals surface area (Å²) in [6.07, 6.45) is 3.43. The highest BCUT2D eigenvalue weighted by Gasteiger charge is 1.98. The van der Waals surface area contributed by atoms with Crippen LogP contribution in [-0.2, 0) is 0 Å². The van der Waals surface area contributed by atoms with Crippen molar-refractivity contribution in [3.05, 3.63) is 23.8 Å². The summed E-state index contributed by atoms with van der Waals surface area (Å²) in [5.41, 5.74) is 0. The van der Waals surface area contributed by atoms with Crippen LogP contribution in [0.15, 0.2) is 23.8 Å². The molecule has 0 atom stereocenters. The molecule has 0 aliphatic heterocycles. The average Bonchev–Trinajstić information content (AvgIpc) is 2.34. The van der Waals surface area contributed by atoms with Crippen molar-refractivity contribution in [2.75, 3.05) is 0 Å². The van der Waals surface area contributed by atoms with E-state index in [0.717, 1.165) is 10.1 Å². The zero-order chi connectivity index (χ0) is 6.97. The Morgan fingerprint density at radius 1 is 1.50 bits per heavy atom. The first-order chi connectivity index (χ1) is 4.88. The quantitative estimate of drug-likeness (QED) is 0.624. The number of hydrogen-bond acceptors (Lipinski definition) is 3. The highest BCUT2D eigenvalue weighted by atomic mass is 32.1. The maximum absolute atomic E-state index is 9.19. The van der Waals surface area contributed by atoms with Crippen molar-refractivity contribution in [2.24, 2.45) is 0 Å². The van der Waals surface area contributed by atoms with Crippen molar-refractivity contribution in [1.29, 1.82) is 0 Å². The first kappa shape index (κ1) is 5.68. The summed E-state index contributed by atoms with van der Waals surface area (Å²) >= 11 is 1.50. The maximum Gasteiger partial charge on any atom is 0.134 e. The van der Waals surface area contributed by atoms with Gasteiger partial charge in [-0.05, 0) is 6.07 Å². The van der Waals surface area contributed by atoms with Gasteiger partial charge in [0.25, 0.3) is 0 Å². The molecule has 0 bridgehead atoms. The molecule has 2 heterocycles. The summed E-state index contributed by atoms with van der Waals surface area (Å²) < 4.78 is 1.03. The first-order valence-electron chi connectivity index (χ1n) is 2.88. The first-order valence-corrected chi connectivity index (χ1v) is 3.76. The fraction of sp³-hybridized carbons (Fsp3) is 0. The van der Waals surface area contributed by atoms with E-state index < -0.39 is 0 Å². The van der Waals surface area contributed by atoms with Gasteiger partial charge >= 0.3 is 0 Å². The summed E-state index contributed by atoms with van der Waals surface area (Å²) in [6.45, 7) is 0. The number of aromatic nitrogens is 1. The third-order valence-corrected chi connectivity index (χ3v) is 2.28. The van der Waals surface area contributed by atoms with E-state index >= 15 is 0 Å². The van der Waals surface area contributed by atoms with Gasteiger partial charge in [0.2, 0.25) is 0 Å². The second-order valence-corrected chi connectivity index (χ2v) is 2.90. The van der Waals surface area contributed by atoms with Crippen LogP contribution in [0.25, 0.3) is 10.1 Å². The van der Waals surface area contributed by atoms with E-state index in [9.17, 15) is 5.11 Å². The second kappa shape index (κ2) is 1.95. The Kier molecular flexibility index (Phi) is 1.11. The van der Waals surface area contributed by atoms with Crippen molar-refractivity contribution in [1.82, 2.24) is 4.98 Å². The molecule has 0 fully saturated rings. The van der Waals surface area contributed by atoms with E-state index in [1.165, 1.54) is 11.3 Å². The molecule has 3 heteroatoms. The summed E-state index contributed by atoms with van der Waals surface area (Å²) in [4.78, 5) is 3.93. The van der Waals surface area contributed by atoms with E-state index in [2.05, 4.69) is 4.98 Å². The Morgan fingerprint density at radius 2 is 2.40 bits per heavy atom. The molecule has 0 saturated carbocycles. The van der Waals surface area contributed by atoms with Crippen LogP contribution >= 0.6 is 11.3 Å². The van der Waals surface area contributed by atoms with Crippen molar-refractivity contribution < 1.29 is 5.11 Å². The Balaban J connectivity index is 2.93. The Hall–Kier alpha value is -1.09. The predicted molar refractivity (Wildman–Crippen MR) is 41.3 cm³/mol. The molecular formula is C7H5NOS. The lowest BCUT2D eigenvalue weighted by molar-refractivity contribution is 0.483. The van der Waals surface area contributed by atoms with Crippen LogP contribution in [0.3, 0.4) is 0 Å². The third-order valence-electron chi connectivity index (χ3n) is 1.36. The number of hydrogen-bond donors (Lipinski definition) is 1. The van der Waals surface area contributed by atoms with Crippen LogP contribution in [0, 0.1) is 0 Å². The van der Waals surface area contributed by atoms with E-state index in [0.29, 0.717) is 5.75 Å². The monoisotopic (exact) mass is 151 g/mol.